The molecule has 1 atom stereocenters. The Kier molecular flexibility index (Phi) is 4.63. The predicted octanol–water partition coefficient (Wildman–Crippen LogP) is 2.61. The summed E-state index contributed by atoms with van der Waals surface area (Å²) in [6.45, 7) is 10.9. The fraction of sp³-hybridized carbons (Fsp3) is 0.923. The van der Waals surface area contributed by atoms with Crippen LogP contribution in [0.15, 0.2) is 4.99 Å². The first-order valence-corrected chi connectivity index (χ1v) is 6.63. The first-order valence-electron chi connectivity index (χ1n) is 6.63. The molecule has 0 aromatic carbocycles. The van der Waals surface area contributed by atoms with Crippen molar-refractivity contribution in [3.05, 3.63) is 0 Å². The van der Waals surface area contributed by atoms with Gasteiger partial charge in [-0.25, -0.2) is 0 Å². The van der Waals surface area contributed by atoms with E-state index in [1.807, 2.05) is 0 Å². The Hall–Kier alpha value is -0.730. The Balaban J connectivity index is 2.75. The first-order chi connectivity index (χ1) is 7.55. The SMILES string of the molecule is CCCCC1(CC)CN=C(N)N1CC(C)C. The Morgan fingerprint density at radius 3 is 2.62 bits per heavy atom. The van der Waals surface area contributed by atoms with E-state index in [-0.39, 0.29) is 5.54 Å². The molecule has 1 heterocycles. The van der Waals surface area contributed by atoms with Gasteiger partial charge >= 0.3 is 0 Å². The molecule has 1 aliphatic rings. The standard InChI is InChI=1S/C13H27N3/c1-5-7-8-13(6-2)10-15-12(14)16(13)9-11(3)4/h11H,5-10H2,1-4H3,(H2,14,15). The van der Waals surface area contributed by atoms with Gasteiger partial charge < -0.3 is 10.6 Å². The molecule has 0 amide bonds. The van der Waals surface area contributed by atoms with Crippen molar-refractivity contribution in [3.63, 3.8) is 0 Å². The lowest BCUT2D eigenvalue weighted by Crippen LogP contribution is -2.52. The molecule has 0 aliphatic carbocycles. The number of rotatable bonds is 6. The third kappa shape index (κ3) is 2.69. The third-order valence-corrected chi connectivity index (χ3v) is 3.59. The van der Waals surface area contributed by atoms with E-state index in [0.717, 1.165) is 25.5 Å². The van der Waals surface area contributed by atoms with Crippen molar-refractivity contribution in [1.82, 2.24) is 4.90 Å². The highest BCUT2D eigenvalue weighted by Crippen LogP contribution is 2.31. The van der Waals surface area contributed by atoms with Gasteiger partial charge in [0.05, 0.1) is 12.1 Å². The molecule has 1 aliphatic heterocycles. The van der Waals surface area contributed by atoms with E-state index in [9.17, 15) is 0 Å². The normalized spacial score (nSPS) is 25.3. The van der Waals surface area contributed by atoms with Crippen molar-refractivity contribution in [1.29, 1.82) is 0 Å². The lowest BCUT2D eigenvalue weighted by Gasteiger charge is -2.40. The van der Waals surface area contributed by atoms with E-state index in [4.69, 9.17) is 5.73 Å². The summed E-state index contributed by atoms with van der Waals surface area (Å²) in [5.41, 5.74) is 6.24. The predicted molar refractivity (Wildman–Crippen MR) is 70.6 cm³/mol. The molecule has 3 nitrogen and oxygen atoms in total. The van der Waals surface area contributed by atoms with E-state index in [1.165, 1.54) is 19.3 Å². The Morgan fingerprint density at radius 2 is 2.12 bits per heavy atom. The summed E-state index contributed by atoms with van der Waals surface area (Å²) < 4.78 is 0. The fourth-order valence-corrected chi connectivity index (χ4v) is 2.49. The second kappa shape index (κ2) is 5.55. The number of nitrogens with two attached hydrogens (primary N) is 1. The van der Waals surface area contributed by atoms with Crippen molar-refractivity contribution < 1.29 is 0 Å². The van der Waals surface area contributed by atoms with E-state index in [2.05, 4.69) is 37.6 Å². The maximum absolute atomic E-state index is 6.03. The van der Waals surface area contributed by atoms with Gasteiger partial charge in [-0.2, -0.15) is 0 Å². The zero-order valence-electron chi connectivity index (χ0n) is 11.3. The van der Waals surface area contributed by atoms with E-state index < -0.39 is 0 Å². The molecule has 1 rings (SSSR count). The molecule has 1 unspecified atom stereocenters. The molecule has 16 heavy (non-hydrogen) atoms. The van der Waals surface area contributed by atoms with Crippen molar-refractivity contribution >= 4 is 5.96 Å². The highest BCUT2D eigenvalue weighted by Gasteiger charge is 2.39. The summed E-state index contributed by atoms with van der Waals surface area (Å²) in [7, 11) is 0. The summed E-state index contributed by atoms with van der Waals surface area (Å²) in [4.78, 5) is 6.82. The Morgan fingerprint density at radius 1 is 1.44 bits per heavy atom. The summed E-state index contributed by atoms with van der Waals surface area (Å²) in [5.74, 6) is 1.39. The third-order valence-electron chi connectivity index (χ3n) is 3.59. The average Bonchev–Trinajstić information content (AvgIpc) is 2.55. The molecule has 0 aromatic heterocycles. The second-order valence-electron chi connectivity index (χ2n) is 5.36. The molecule has 0 radical (unpaired) electrons. The minimum Gasteiger partial charge on any atom is -0.370 e. The van der Waals surface area contributed by atoms with Gasteiger partial charge in [0.15, 0.2) is 5.96 Å². The first kappa shape index (κ1) is 13.3. The summed E-state index contributed by atoms with van der Waals surface area (Å²) in [6, 6.07) is 0. The lowest BCUT2D eigenvalue weighted by molar-refractivity contribution is 0.160. The van der Waals surface area contributed by atoms with Gasteiger partial charge in [-0.05, 0) is 18.8 Å². The van der Waals surface area contributed by atoms with Crippen LogP contribution in [0.5, 0.6) is 0 Å². The molecule has 2 N–H and O–H groups in total. The summed E-state index contributed by atoms with van der Waals surface area (Å²) in [6.07, 6.45) is 4.88. The second-order valence-corrected chi connectivity index (χ2v) is 5.36. The molecular formula is C13H27N3. The van der Waals surface area contributed by atoms with Crippen molar-refractivity contribution in [2.45, 2.75) is 58.9 Å². The van der Waals surface area contributed by atoms with Crippen LogP contribution in [0.3, 0.4) is 0 Å². The zero-order chi connectivity index (χ0) is 12.2. The molecular weight excluding hydrogens is 198 g/mol. The monoisotopic (exact) mass is 225 g/mol. The van der Waals surface area contributed by atoms with Crippen LogP contribution in [-0.4, -0.2) is 29.5 Å². The summed E-state index contributed by atoms with van der Waals surface area (Å²) >= 11 is 0. The minimum absolute atomic E-state index is 0.213. The molecule has 0 aromatic rings. The number of hydrogen-bond donors (Lipinski definition) is 1. The lowest BCUT2D eigenvalue weighted by atomic mass is 9.88. The zero-order valence-corrected chi connectivity index (χ0v) is 11.3. The van der Waals surface area contributed by atoms with E-state index in [1.54, 1.807) is 0 Å². The molecule has 3 heteroatoms. The van der Waals surface area contributed by atoms with Gasteiger partial charge in [0.2, 0.25) is 0 Å². The van der Waals surface area contributed by atoms with Crippen LogP contribution in [0.25, 0.3) is 0 Å². The van der Waals surface area contributed by atoms with Crippen LogP contribution >= 0.6 is 0 Å². The number of nitrogens with zero attached hydrogens (tertiary/aromatic N) is 2. The van der Waals surface area contributed by atoms with Gasteiger partial charge in [-0.1, -0.05) is 40.5 Å². The fourth-order valence-electron chi connectivity index (χ4n) is 2.49. The quantitative estimate of drug-likeness (QED) is 0.755. The van der Waals surface area contributed by atoms with Crippen LogP contribution in [-0.2, 0) is 0 Å². The highest BCUT2D eigenvalue weighted by molar-refractivity contribution is 5.81. The smallest absolute Gasteiger partial charge is 0.191 e. The molecule has 0 saturated heterocycles. The van der Waals surface area contributed by atoms with Gasteiger partial charge in [-0.3, -0.25) is 4.99 Å². The van der Waals surface area contributed by atoms with Crippen LogP contribution in [0.1, 0.15) is 53.4 Å². The maximum atomic E-state index is 6.03. The van der Waals surface area contributed by atoms with Gasteiger partial charge in [-0.15, -0.1) is 0 Å². The largest absolute Gasteiger partial charge is 0.370 e. The topological polar surface area (TPSA) is 41.6 Å². The van der Waals surface area contributed by atoms with Crippen molar-refractivity contribution in [2.75, 3.05) is 13.1 Å². The molecule has 94 valence electrons. The van der Waals surface area contributed by atoms with Gasteiger partial charge in [0.1, 0.15) is 0 Å². The van der Waals surface area contributed by atoms with Crippen LogP contribution < -0.4 is 5.73 Å². The number of aliphatic imine (C=N–C) groups is 1. The average molecular weight is 225 g/mol. The van der Waals surface area contributed by atoms with E-state index >= 15 is 0 Å². The minimum atomic E-state index is 0.213. The van der Waals surface area contributed by atoms with Crippen molar-refractivity contribution in [2.24, 2.45) is 16.6 Å². The van der Waals surface area contributed by atoms with Crippen LogP contribution in [0.2, 0.25) is 0 Å². The number of unbranched alkanes of at least 4 members (excludes halogenated alkanes) is 1. The van der Waals surface area contributed by atoms with Crippen LogP contribution in [0.4, 0.5) is 0 Å². The molecule has 0 bridgehead atoms. The van der Waals surface area contributed by atoms with Crippen molar-refractivity contribution in [3.8, 4) is 0 Å². The molecule has 0 fully saturated rings. The maximum Gasteiger partial charge on any atom is 0.191 e. The molecule has 0 saturated carbocycles. The van der Waals surface area contributed by atoms with Gasteiger partial charge in [0.25, 0.3) is 0 Å². The van der Waals surface area contributed by atoms with E-state index in [0.29, 0.717) is 5.92 Å². The molecule has 0 spiro atoms. The summed E-state index contributed by atoms with van der Waals surface area (Å²) in [5, 5.41) is 0. The Bertz CT molecular complexity index is 248. The Labute approximate surface area is 100 Å². The highest BCUT2D eigenvalue weighted by atomic mass is 15.4. The van der Waals surface area contributed by atoms with Gasteiger partial charge in [0, 0.05) is 6.54 Å². The number of guanidine groups is 1. The van der Waals surface area contributed by atoms with Crippen LogP contribution in [0, 0.1) is 5.92 Å². The number of hydrogen-bond acceptors (Lipinski definition) is 3.